The fourth-order valence-electron chi connectivity index (χ4n) is 1.04. The molecule has 0 N–H and O–H groups in total. The predicted molar refractivity (Wildman–Crippen MR) is 56.3 cm³/mol. The highest BCUT2D eigenvalue weighted by Gasteiger charge is 2.04. The van der Waals surface area contributed by atoms with Crippen molar-refractivity contribution in [3.8, 4) is 0 Å². The van der Waals surface area contributed by atoms with Crippen LogP contribution in [0.15, 0.2) is 19.2 Å². The van der Waals surface area contributed by atoms with E-state index in [0.717, 1.165) is 17.0 Å². The average Bonchev–Trinajstić information content (AvgIpc) is 2.16. The molecule has 0 radical (unpaired) electrons. The van der Waals surface area contributed by atoms with E-state index < -0.39 is 0 Å². The van der Waals surface area contributed by atoms with Gasteiger partial charge in [0.2, 0.25) is 0 Å². The normalized spacial score (nSPS) is 10.1. The van der Waals surface area contributed by atoms with Crippen LogP contribution in [0, 0.1) is 0 Å². The lowest BCUT2D eigenvalue weighted by Crippen LogP contribution is -1.98. The van der Waals surface area contributed by atoms with Crippen LogP contribution in [0.3, 0.4) is 0 Å². The van der Waals surface area contributed by atoms with Crippen molar-refractivity contribution in [3.05, 3.63) is 36.2 Å². The van der Waals surface area contributed by atoms with Crippen LogP contribution >= 0.6 is 0 Å². The van der Waals surface area contributed by atoms with E-state index in [9.17, 15) is 0 Å². The Kier molecular flexibility index (Phi) is 2.96. The van der Waals surface area contributed by atoms with Gasteiger partial charge >= 0.3 is 0 Å². The number of aromatic nitrogens is 2. The second-order valence-corrected chi connectivity index (χ2v) is 3.17. The fourth-order valence-corrected chi connectivity index (χ4v) is 1.04. The standard InChI is InChI=1S/C11H14N2/c1-5-9-7-11(8(3)4)13-12-10(9)6-2/h5-8H,1-2H2,3-4H3. The Morgan fingerprint density at radius 3 is 2.38 bits per heavy atom. The van der Waals surface area contributed by atoms with Gasteiger partial charge < -0.3 is 0 Å². The molecule has 0 unspecified atom stereocenters. The molecular weight excluding hydrogens is 160 g/mol. The highest BCUT2D eigenvalue weighted by molar-refractivity contribution is 5.60. The van der Waals surface area contributed by atoms with Crippen LogP contribution in [-0.4, -0.2) is 10.2 Å². The first-order chi connectivity index (χ1) is 6.19. The Morgan fingerprint density at radius 1 is 1.23 bits per heavy atom. The van der Waals surface area contributed by atoms with Crippen LogP contribution < -0.4 is 0 Å². The molecule has 2 nitrogen and oxygen atoms in total. The lowest BCUT2D eigenvalue weighted by atomic mass is 10.1. The molecule has 0 fully saturated rings. The highest BCUT2D eigenvalue weighted by atomic mass is 15.1. The van der Waals surface area contributed by atoms with Crippen LogP contribution in [0.1, 0.15) is 36.7 Å². The van der Waals surface area contributed by atoms with E-state index in [2.05, 4.69) is 37.2 Å². The molecule has 0 aliphatic carbocycles. The van der Waals surface area contributed by atoms with Gasteiger partial charge in [-0.25, -0.2) is 0 Å². The Hall–Kier alpha value is -1.44. The molecule has 0 saturated heterocycles. The van der Waals surface area contributed by atoms with Gasteiger partial charge in [-0.3, -0.25) is 0 Å². The Balaban J connectivity index is 3.20. The summed E-state index contributed by atoms with van der Waals surface area (Å²) in [6, 6.07) is 2.00. The average molecular weight is 174 g/mol. The summed E-state index contributed by atoms with van der Waals surface area (Å²) in [6.07, 6.45) is 3.46. The summed E-state index contributed by atoms with van der Waals surface area (Å²) in [5, 5.41) is 8.14. The van der Waals surface area contributed by atoms with Gasteiger partial charge in [0.15, 0.2) is 0 Å². The quantitative estimate of drug-likeness (QED) is 0.704. The van der Waals surface area contributed by atoms with Crippen molar-refractivity contribution in [1.82, 2.24) is 10.2 Å². The van der Waals surface area contributed by atoms with Crippen molar-refractivity contribution in [1.29, 1.82) is 0 Å². The van der Waals surface area contributed by atoms with Gasteiger partial charge in [0, 0.05) is 5.56 Å². The summed E-state index contributed by atoms with van der Waals surface area (Å²) in [5.41, 5.74) is 2.77. The molecule has 0 aliphatic rings. The largest absolute Gasteiger partial charge is 0.155 e. The maximum Gasteiger partial charge on any atom is 0.0923 e. The van der Waals surface area contributed by atoms with Gasteiger partial charge in [0.05, 0.1) is 11.4 Å². The zero-order valence-electron chi connectivity index (χ0n) is 8.12. The van der Waals surface area contributed by atoms with E-state index in [1.807, 2.05) is 6.07 Å². The van der Waals surface area contributed by atoms with Gasteiger partial charge in [-0.2, -0.15) is 10.2 Å². The summed E-state index contributed by atoms with van der Waals surface area (Å²) in [6.45, 7) is 11.6. The number of rotatable bonds is 3. The smallest absolute Gasteiger partial charge is 0.0923 e. The third-order valence-electron chi connectivity index (χ3n) is 1.88. The molecule has 0 saturated carbocycles. The molecule has 68 valence electrons. The van der Waals surface area contributed by atoms with E-state index in [1.54, 1.807) is 12.2 Å². The molecule has 0 aromatic carbocycles. The van der Waals surface area contributed by atoms with Crippen LogP contribution in [0.2, 0.25) is 0 Å². The molecule has 13 heavy (non-hydrogen) atoms. The van der Waals surface area contributed by atoms with Gasteiger partial charge in [-0.1, -0.05) is 33.1 Å². The molecule has 1 rings (SSSR count). The Labute approximate surface area is 79.0 Å². The van der Waals surface area contributed by atoms with Crippen molar-refractivity contribution < 1.29 is 0 Å². The third kappa shape index (κ3) is 2.02. The maximum absolute atomic E-state index is 4.09. The van der Waals surface area contributed by atoms with Crippen molar-refractivity contribution in [2.75, 3.05) is 0 Å². The fraction of sp³-hybridized carbons (Fsp3) is 0.273. The van der Waals surface area contributed by atoms with Gasteiger partial charge in [-0.05, 0) is 18.1 Å². The third-order valence-corrected chi connectivity index (χ3v) is 1.88. The molecule has 1 aromatic heterocycles. The highest BCUT2D eigenvalue weighted by Crippen LogP contribution is 2.15. The molecule has 1 aromatic rings. The number of nitrogens with zero attached hydrogens (tertiary/aromatic N) is 2. The summed E-state index contributed by atoms with van der Waals surface area (Å²) in [5.74, 6) is 0.394. The second-order valence-electron chi connectivity index (χ2n) is 3.17. The lowest BCUT2D eigenvalue weighted by molar-refractivity contribution is 0.782. The molecule has 2 heteroatoms. The van der Waals surface area contributed by atoms with Crippen molar-refractivity contribution >= 4 is 12.2 Å². The zero-order valence-corrected chi connectivity index (χ0v) is 8.12. The summed E-state index contributed by atoms with van der Waals surface area (Å²) < 4.78 is 0. The summed E-state index contributed by atoms with van der Waals surface area (Å²) in [7, 11) is 0. The van der Waals surface area contributed by atoms with E-state index in [0.29, 0.717) is 5.92 Å². The van der Waals surface area contributed by atoms with Crippen molar-refractivity contribution in [2.24, 2.45) is 0 Å². The van der Waals surface area contributed by atoms with E-state index in [-0.39, 0.29) is 0 Å². The first kappa shape index (κ1) is 9.65. The van der Waals surface area contributed by atoms with Gasteiger partial charge in [0.25, 0.3) is 0 Å². The molecule has 1 heterocycles. The summed E-state index contributed by atoms with van der Waals surface area (Å²) >= 11 is 0. The topological polar surface area (TPSA) is 25.8 Å². The molecule has 0 aliphatic heterocycles. The zero-order chi connectivity index (χ0) is 9.84. The van der Waals surface area contributed by atoms with E-state index in [1.165, 1.54) is 0 Å². The summed E-state index contributed by atoms with van der Waals surface area (Å²) in [4.78, 5) is 0. The Morgan fingerprint density at radius 2 is 1.92 bits per heavy atom. The van der Waals surface area contributed by atoms with Crippen molar-refractivity contribution in [2.45, 2.75) is 19.8 Å². The van der Waals surface area contributed by atoms with E-state index >= 15 is 0 Å². The Bertz CT molecular complexity index is 327. The number of hydrogen-bond acceptors (Lipinski definition) is 2. The van der Waals surface area contributed by atoms with Gasteiger partial charge in [-0.15, -0.1) is 0 Å². The maximum atomic E-state index is 4.09. The van der Waals surface area contributed by atoms with Gasteiger partial charge in [0.1, 0.15) is 0 Å². The molecule has 0 spiro atoms. The predicted octanol–water partition coefficient (Wildman–Crippen LogP) is 2.89. The van der Waals surface area contributed by atoms with E-state index in [4.69, 9.17) is 0 Å². The van der Waals surface area contributed by atoms with Crippen LogP contribution in [0.5, 0.6) is 0 Å². The second kappa shape index (κ2) is 3.99. The first-order valence-electron chi connectivity index (χ1n) is 4.31. The number of hydrogen-bond donors (Lipinski definition) is 0. The van der Waals surface area contributed by atoms with Crippen LogP contribution in [0.4, 0.5) is 0 Å². The molecular formula is C11H14N2. The van der Waals surface area contributed by atoms with Crippen molar-refractivity contribution in [3.63, 3.8) is 0 Å². The van der Waals surface area contributed by atoms with Crippen LogP contribution in [-0.2, 0) is 0 Å². The van der Waals surface area contributed by atoms with Crippen LogP contribution in [0.25, 0.3) is 12.2 Å². The lowest BCUT2D eigenvalue weighted by Gasteiger charge is -2.05. The molecule has 0 bridgehead atoms. The minimum atomic E-state index is 0.394. The first-order valence-corrected chi connectivity index (χ1v) is 4.31. The SMILES string of the molecule is C=Cc1cc(C(C)C)nnc1C=C. The minimum absolute atomic E-state index is 0.394. The monoisotopic (exact) mass is 174 g/mol. The molecule has 0 atom stereocenters. The minimum Gasteiger partial charge on any atom is -0.155 e. The molecule has 0 amide bonds.